The number of allylic oxidation sites excluding steroid dienone is 4. The Balaban J connectivity index is 2.48. The highest BCUT2D eigenvalue weighted by atomic mass is 35.5. The highest BCUT2D eigenvalue weighted by Crippen LogP contribution is 2.28. The summed E-state index contributed by atoms with van der Waals surface area (Å²) in [4.78, 5) is 1.93. The van der Waals surface area contributed by atoms with E-state index in [0.29, 0.717) is 12.8 Å². The van der Waals surface area contributed by atoms with Gasteiger partial charge in [-0.1, -0.05) is 23.3 Å². The first-order valence-corrected chi connectivity index (χ1v) is 9.06. The Labute approximate surface area is 155 Å². The molecule has 0 amide bonds. The highest BCUT2D eigenvalue weighted by Gasteiger charge is 2.30. The monoisotopic (exact) mass is 370 g/mol. The number of aliphatic hydroxyl groups is 1. The van der Waals surface area contributed by atoms with Crippen LogP contribution in [-0.2, 0) is 6.42 Å². The molecule has 1 aromatic rings. The van der Waals surface area contributed by atoms with Crippen LogP contribution in [0, 0.1) is 5.21 Å². The number of H-pyrrole nitrogens is 1. The van der Waals surface area contributed by atoms with Crippen molar-refractivity contribution < 1.29 is 15.5 Å². The molecule has 0 fully saturated rings. The van der Waals surface area contributed by atoms with Gasteiger partial charge in [-0.25, -0.2) is 5.21 Å². The van der Waals surface area contributed by atoms with E-state index in [9.17, 15) is 10.3 Å². The van der Waals surface area contributed by atoms with Gasteiger partial charge in [0.15, 0.2) is 0 Å². The zero-order chi connectivity index (χ0) is 19.0. The molecule has 0 saturated heterocycles. The van der Waals surface area contributed by atoms with Crippen LogP contribution in [0.5, 0.6) is 0 Å². The van der Waals surface area contributed by atoms with Crippen molar-refractivity contribution in [1.29, 1.82) is 0 Å². The van der Waals surface area contributed by atoms with Gasteiger partial charge in [-0.05, 0) is 58.9 Å². The van der Waals surface area contributed by atoms with Crippen molar-refractivity contribution in [2.45, 2.75) is 70.8 Å². The molecule has 0 saturated carbocycles. The van der Waals surface area contributed by atoms with E-state index in [4.69, 9.17) is 16.8 Å². The molecule has 0 bridgehead atoms. The molecule has 3 atom stereocenters. The van der Waals surface area contributed by atoms with Gasteiger partial charge in [-0.3, -0.25) is 0 Å². The van der Waals surface area contributed by atoms with Crippen LogP contribution in [0.1, 0.15) is 58.9 Å². The summed E-state index contributed by atoms with van der Waals surface area (Å²) >= 11 is 6.52. The van der Waals surface area contributed by atoms with Crippen molar-refractivity contribution >= 4 is 17.4 Å². The Morgan fingerprint density at radius 2 is 2.04 bits per heavy atom. The van der Waals surface area contributed by atoms with Crippen molar-refractivity contribution in [2.75, 3.05) is 0 Å². The van der Waals surface area contributed by atoms with Crippen molar-refractivity contribution in [3.63, 3.8) is 0 Å². The first kappa shape index (κ1) is 21.9. The number of aromatic nitrogens is 1. The molecular formula is C19H31ClN2O3. The topological polar surface area (TPSA) is 83.8 Å². The van der Waals surface area contributed by atoms with Gasteiger partial charge in [-0.15, -0.1) is 11.6 Å². The Morgan fingerprint density at radius 1 is 1.36 bits per heavy atom. The molecule has 25 heavy (non-hydrogen) atoms. The summed E-state index contributed by atoms with van der Waals surface area (Å²) in [5.74, 6) is 0.119. The number of rotatable bonds is 10. The first-order chi connectivity index (χ1) is 11.6. The summed E-state index contributed by atoms with van der Waals surface area (Å²) in [7, 11) is 0. The second-order valence-electron chi connectivity index (χ2n) is 7.13. The zero-order valence-corrected chi connectivity index (χ0v) is 16.4. The molecule has 6 heteroatoms. The molecular weight excluding hydrogens is 340 g/mol. The van der Waals surface area contributed by atoms with Gasteiger partial charge in [-0.2, -0.15) is 5.23 Å². The number of hydrogen-bond acceptors (Lipinski definition) is 3. The SMILES string of the molecule is CC(C)=CCCC(C)=CCC[C@@](C)(Cl)[C@H](O)Cc1c[nH]c([NH+]([O-])O)c1. The number of halogens is 1. The molecule has 0 aliphatic rings. The number of nitrogens with one attached hydrogen (secondary N) is 2. The zero-order valence-electron chi connectivity index (χ0n) is 15.6. The number of alkyl halides is 1. The van der Waals surface area contributed by atoms with E-state index in [1.807, 2.05) is 6.92 Å². The van der Waals surface area contributed by atoms with Crippen LogP contribution < -0.4 is 5.23 Å². The maximum absolute atomic E-state index is 10.9. The Morgan fingerprint density at radius 3 is 2.60 bits per heavy atom. The second kappa shape index (κ2) is 10.1. The summed E-state index contributed by atoms with van der Waals surface area (Å²) in [6.45, 7) is 8.15. The average Bonchev–Trinajstić information content (AvgIpc) is 2.95. The Bertz CT molecular complexity index is 587. The molecule has 1 unspecified atom stereocenters. The van der Waals surface area contributed by atoms with Crippen molar-refractivity contribution in [3.05, 3.63) is 46.3 Å². The molecule has 0 aliphatic carbocycles. The van der Waals surface area contributed by atoms with Gasteiger partial charge in [0.2, 0.25) is 5.82 Å². The van der Waals surface area contributed by atoms with E-state index >= 15 is 0 Å². The normalized spacial score (nSPS) is 17.0. The second-order valence-corrected chi connectivity index (χ2v) is 8.00. The third-order valence-corrected chi connectivity index (χ3v) is 4.76. The van der Waals surface area contributed by atoms with Gasteiger partial charge in [0.1, 0.15) is 0 Å². The highest BCUT2D eigenvalue weighted by molar-refractivity contribution is 6.24. The number of aliphatic hydroxyl groups excluding tert-OH is 1. The van der Waals surface area contributed by atoms with Crippen LogP contribution in [0.3, 0.4) is 0 Å². The number of quaternary nitrogens is 1. The van der Waals surface area contributed by atoms with E-state index in [-0.39, 0.29) is 5.82 Å². The lowest BCUT2D eigenvalue weighted by molar-refractivity contribution is -0.993. The Kier molecular flexibility index (Phi) is 8.89. The minimum Gasteiger partial charge on any atom is -0.594 e. The number of hydrogen-bond donors (Lipinski definition) is 4. The molecule has 4 N–H and O–H groups in total. The molecule has 0 radical (unpaired) electrons. The summed E-state index contributed by atoms with van der Waals surface area (Å²) in [5.41, 5.74) is 3.40. The molecule has 0 aliphatic heterocycles. The average molecular weight is 371 g/mol. The standard InChI is InChI=1S/C19H31ClN2O3/c1-14(2)7-5-8-15(3)9-6-10-19(4,20)17(23)11-16-12-18(21-13-16)22(24)25/h7,9,12-13,17,21-24H,5-6,8,10-11H2,1-4H3/t17-,19-/m1/s1. The quantitative estimate of drug-likeness (QED) is 0.287. The number of aromatic amines is 1. The van der Waals surface area contributed by atoms with Crippen LogP contribution in [0.25, 0.3) is 0 Å². The van der Waals surface area contributed by atoms with Crippen LogP contribution in [0.15, 0.2) is 35.6 Å². The third kappa shape index (κ3) is 8.21. The van der Waals surface area contributed by atoms with E-state index in [0.717, 1.165) is 24.8 Å². The van der Waals surface area contributed by atoms with Crippen LogP contribution >= 0.6 is 11.6 Å². The van der Waals surface area contributed by atoms with Crippen LogP contribution in [-0.4, -0.2) is 26.3 Å². The molecule has 1 aromatic heterocycles. The molecule has 0 spiro atoms. The van der Waals surface area contributed by atoms with Crippen LogP contribution in [0.4, 0.5) is 5.82 Å². The lowest BCUT2D eigenvalue weighted by Crippen LogP contribution is -2.99. The van der Waals surface area contributed by atoms with Gasteiger partial charge >= 0.3 is 0 Å². The van der Waals surface area contributed by atoms with Gasteiger partial charge < -0.3 is 15.3 Å². The maximum Gasteiger partial charge on any atom is 0.237 e. The van der Waals surface area contributed by atoms with Gasteiger partial charge in [0.25, 0.3) is 0 Å². The minimum absolute atomic E-state index is 0.119. The lowest BCUT2D eigenvalue weighted by Gasteiger charge is -2.27. The molecule has 1 rings (SSSR count). The van der Waals surface area contributed by atoms with E-state index in [1.165, 1.54) is 17.2 Å². The summed E-state index contributed by atoms with van der Waals surface area (Å²) in [6.07, 6.45) is 9.15. The fourth-order valence-corrected chi connectivity index (χ4v) is 2.76. The molecule has 142 valence electrons. The van der Waals surface area contributed by atoms with Gasteiger partial charge in [0.05, 0.1) is 11.0 Å². The summed E-state index contributed by atoms with van der Waals surface area (Å²) in [5, 5.41) is 29.2. The smallest absolute Gasteiger partial charge is 0.237 e. The summed E-state index contributed by atoms with van der Waals surface area (Å²) < 4.78 is 0. The Hall–Kier alpha value is -1.11. The van der Waals surface area contributed by atoms with Crippen molar-refractivity contribution in [3.8, 4) is 0 Å². The lowest BCUT2D eigenvalue weighted by atomic mass is 9.93. The maximum atomic E-state index is 10.9. The fourth-order valence-electron chi connectivity index (χ4n) is 2.57. The predicted octanol–water partition coefficient (Wildman–Crippen LogP) is 3.79. The van der Waals surface area contributed by atoms with E-state index in [2.05, 4.69) is 37.9 Å². The molecule has 1 heterocycles. The predicted molar refractivity (Wildman–Crippen MR) is 102 cm³/mol. The minimum atomic E-state index is -1.01. The van der Waals surface area contributed by atoms with Crippen LogP contribution in [0.2, 0.25) is 0 Å². The molecule has 5 nitrogen and oxygen atoms in total. The van der Waals surface area contributed by atoms with E-state index in [1.54, 1.807) is 6.20 Å². The third-order valence-electron chi connectivity index (χ3n) is 4.31. The summed E-state index contributed by atoms with van der Waals surface area (Å²) in [6, 6.07) is 1.53. The van der Waals surface area contributed by atoms with Crippen molar-refractivity contribution in [1.82, 2.24) is 4.98 Å². The fraction of sp³-hybridized carbons (Fsp3) is 0.579. The largest absolute Gasteiger partial charge is 0.594 e. The van der Waals surface area contributed by atoms with Gasteiger partial charge in [0, 0.05) is 18.7 Å². The molecule has 0 aromatic carbocycles. The van der Waals surface area contributed by atoms with Crippen molar-refractivity contribution in [2.24, 2.45) is 0 Å². The van der Waals surface area contributed by atoms with E-state index < -0.39 is 16.2 Å². The first-order valence-electron chi connectivity index (χ1n) is 8.68.